The second-order valence-electron chi connectivity index (χ2n) is 14.1. The van der Waals surface area contributed by atoms with Crippen molar-refractivity contribution in [2.24, 2.45) is 40.4 Å². The van der Waals surface area contributed by atoms with Crippen LogP contribution in [0.4, 0.5) is 5.69 Å². The molecule has 8 atom stereocenters. The van der Waals surface area contributed by atoms with Gasteiger partial charge in [-0.05, 0) is 142 Å². The number of hydrogen-bond donors (Lipinski definition) is 1. The van der Waals surface area contributed by atoms with Crippen molar-refractivity contribution in [2.75, 3.05) is 11.4 Å². The Morgan fingerprint density at radius 2 is 1.83 bits per heavy atom. The first-order valence-corrected chi connectivity index (χ1v) is 15.4. The Morgan fingerprint density at radius 1 is 1.03 bits per heavy atom. The average Bonchev–Trinajstić information content (AvgIpc) is 3.20. The standard InChI is InChI=1S/C33H49NO2/c1-22-9-14-30-23(20-22)6-5-19-34(30)31(36)8-4-7-24-11-13-28-27-12-10-25-21-26(35)15-17-33(25,3)29(27)16-18-32(24,28)2/h9,14,20,24-29,35H,4-8,10-13,15-19,21H2,1-3H3/t24?,25?,26-,27?,28?,29?,32?,33?/m1/s1. The lowest BCUT2D eigenvalue weighted by Crippen LogP contribution is -2.53. The number of nitrogens with zero attached hydrogens (tertiary/aromatic N) is 1. The van der Waals surface area contributed by atoms with E-state index in [0.717, 1.165) is 68.2 Å². The second-order valence-corrected chi connectivity index (χ2v) is 14.1. The molecule has 3 nitrogen and oxygen atoms in total. The van der Waals surface area contributed by atoms with Gasteiger partial charge in [-0.25, -0.2) is 0 Å². The largest absolute Gasteiger partial charge is 0.393 e. The van der Waals surface area contributed by atoms with Crippen LogP contribution >= 0.6 is 0 Å². The third-order valence-corrected chi connectivity index (χ3v) is 12.4. The number of anilines is 1. The second kappa shape index (κ2) is 9.44. The maximum atomic E-state index is 13.3. The molecule has 0 aromatic heterocycles. The summed E-state index contributed by atoms with van der Waals surface area (Å²) in [6.45, 7) is 8.27. The Labute approximate surface area is 219 Å². The number of benzene rings is 1. The van der Waals surface area contributed by atoms with Crippen LogP contribution in [-0.2, 0) is 11.2 Å². The fraction of sp³-hybridized carbons (Fsp3) is 0.788. The van der Waals surface area contributed by atoms with Crippen LogP contribution < -0.4 is 4.90 Å². The van der Waals surface area contributed by atoms with E-state index in [-0.39, 0.29) is 6.10 Å². The molecule has 1 amide bonds. The summed E-state index contributed by atoms with van der Waals surface area (Å²) in [7, 11) is 0. The molecule has 5 aliphatic rings. The van der Waals surface area contributed by atoms with E-state index in [2.05, 4.69) is 43.9 Å². The van der Waals surface area contributed by atoms with Crippen molar-refractivity contribution in [3.05, 3.63) is 29.3 Å². The van der Waals surface area contributed by atoms with Crippen molar-refractivity contribution in [3.8, 4) is 0 Å². The van der Waals surface area contributed by atoms with Crippen LogP contribution in [0.3, 0.4) is 0 Å². The van der Waals surface area contributed by atoms with E-state index in [0.29, 0.717) is 23.2 Å². The molecule has 0 spiro atoms. The van der Waals surface area contributed by atoms with Gasteiger partial charge in [0.05, 0.1) is 6.10 Å². The van der Waals surface area contributed by atoms with E-state index < -0.39 is 0 Å². The first-order chi connectivity index (χ1) is 17.3. The molecule has 1 aromatic rings. The number of rotatable bonds is 4. The fourth-order valence-corrected chi connectivity index (χ4v) is 10.4. The highest BCUT2D eigenvalue weighted by Gasteiger charge is 2.59. The lowest BCUT2D eigenvalue weighted by molar-refractivity contribution is -0.127. The van der Waals surface area contributed by atoms with Crippen molar-refractivity contribution in [1.29, 1.82) is 0 Å². The number of carbonyl (C=O) groups is 1. The molecule has 1 heterocycles. The summed E-state index contributed by atoms with van der Waals surface area (Å²) < 4.78 is 0. The summed E-state index contributed by atoms with van der Waals surface area (Å²) in [5, 5.41) is 10.3. The molecule has 0 saturated heterocycles. The van der Waals surface area contributed by atoms with Crippen LogP contribution in [0.1, 0.15) is 108 Å². The SMILES string of the molecule is Cc1ccc2c(c1)CCCN2C(=O)CCCC1CCC2C3CCC4C[C@H](O)CCC4(C)C3CCC12C. The molecule has 3 heteroatoms. The molecule has 0 bridgehead atoms. The molecule has 4 aliphatic carbocycles. The first-order valence-electron chi connectivity index (χ1n) is 15.4. The van der Waals surface area contributed by atoms with Crippen molar-refractivity contribution in [2.45, 2.75) is 117 Å². The Bertz CT molecular complexity index is 988. The molecule has 7 unspecified atom stereocenters. The third-order valence-electron chi connectivity index (χ3n) is 12.4. The summed E-state index contributed by atoms with van der Waals surface area (Å²) in [5.41, 5.74) is 4.77. The molecule has 4 saturated carbocycles. The highest BCUT2D eigenvalue weighted by atomic mass is 16.3. The van der Waals surface area contributed by atoms with E-state index in [1.807, 2.05) is 0 Å². The topological polar surface area (TPSA) is 40.5 Å². The minimum absolute atomic E-state index is 0.0467. The smallest absolute Gasteiger partial charge is 0.226 e. The molecule has 1 N–H and O–H groups in total. The van der Waals surface area contributed by atoms with E-state index in [1.165, 1.54) is 68.2 Å². The van der Waals surface area contributed by atoms with E-state index >= 15 is 0 Å². The number of fused-ring (bicyclic) bond motifs is 6. The van der Waals surface area contributed by atoms with Gasteiger partial charge in [0.25, 0.3) is 0 Å². The summed E-state index contributed by atoms with van der Waals surface area (Å²) in [4.78, 5) is 15.4. The zero-order chi connectivity index (χ0) is 25.1. The van der Waals surface area contributed by atoms with Gasteiger partial charge in [-0.15, -0.1) is 0 Å². The zero-order valence-electron chi connectivity index (χ0n) is 23.1. The normalized spacial score (nSPS) is 41.7. The van der Waals surface area contributed by atoms with E-state index in [1.54, 1.807) is 0 Å². The monoisotopic (exact) mass is 491 g/mol. The number of aliphatic hydroxyl groups is 1. The lowest BCUT2D eigenvalue weighted by Gasteiger charge is -2.61. The summed E-state index contributed by atoms with van der Waals surface area (Å²) in [6.07, 6.45) is 16.8. The Balaban J connectivity index is 1.08. The zero-order valence-corrected chi connectivity index (χ0v) is 23.1. The molecule has 4 fully saturated rings. The minimum atomic E-state index is -0.0467. The Morgan fingerprint density at radius 3 is 2.69 bits per heavy atom. The maximum absolute atomic E-state index is 13.3. The summed E-state index contributed by atoms with van der Waals surface area (Å²) in [6, 6.07) is 6.60. The molecule has 1 aromatic carbocycles. The predicted molar refractivity (Wildman–Crippen MR) is 147 cm³/mol. The minimum Gasteiger partial charge on any atom is -0.393 e. The van der Waals surface area contributed by atoms with Crippen molar-refractivity contribution >= 4 is 11.6 Å². The molecular formula is C33H49NO2. The van der Waals surface area contributed by atoms with Crippen LogP contribution in [-0.4, -0.2) is 23.7 Å². The molecule has 6 rings (SSSR count). The van der Waals surface area contributed by atoms with Crippen LogP contribution in [0.5, 0.6) is 0 Å². The number of aliphatic hydroxyl groups excluding tert-OH is 1. The van der Waals surface area contributed by atoms with Crippen molar-refractivity contribution < 1.29 is 9.90 Å². The van der Waals surface area contributed by atoms with Crippen molar-refractivity contribution in [1.82, 2.24) is 0 Å². The van der Waals surface area contributed by atoms with Gasteiger partial charge in [0, 0.05) is 18.7 Å². The quantitative estimate of drug-likeness (QED) is 0.475. The molecule has 36 heavy (non-hydrogen) atoms. The van der Waals surface area contributed by atoms with E-state index in [4.69, 9.17) is 0 Å². The van der Waals surface area contributed by atoms with Gasteiger partial charge in [-0.3, -0.25) is 4.79 Å². The summed E-state index contributed by atoms with van der Waals surface area (Å²) in [5.74, 6) is 4.56. The van der Waals surface area contributed by atoms with Gasteiger partial charge in [0.2, 0.25) is 5.91 Å². The lowest BCUT2D eigenvalue weighted by atomic mass is 9.44. The first kappa shape index (κ1) is 25.0. The molecular weight excluding hydrogens is 442 g/mol. The van der Waals surface area contributed by atoms with Crippen LogP contribution in [0, 0.1) is 47.3 Å². The fourth-order valence-electron chi connectivity index (χ4n) is 10.4. The van der Waals surface area contributed by atoms with Gasteiger partial charge in [-0.1, -0.05) is 31.5 Å². The van der Waals surface area contributed by atoms with Gasteiger partial charge in [0.15, 0.2) is 0 Å². The van der Waals surface area contributed by atoms with Gasteiger partial charge in [0.1, 0.15) is 0 Å². The Kier molecular flexibility index (Phi) is 6.54. The highest BCUT2D eigenvalue weighted by Crippen LogP contribution is 2.67. The Hall–Kier alpha value is -1.35. The summed E-state index contributed by atoms with van der Waals surface area (Å²) >= 11 is 0. The third kappa shape index (κ3) is 4.07. The number of amides is 1. The predicted octanol–water partition coefficient (Wildman–Crippen LogP) is 7.46. The molecule has 198 valence electrons. The number of carbonyl (C=O) groups excluding carboxylic acids is 1. The molecule has 1 aliphatic heterocycles. The van der Waals surface area contributed by atoms with Gasteiger partial charge in [-0.2, -0.15) is 0 Å². The maximum Gasteiger partial charge on any atom is 0.226 e. The highest BCUT2D eigenvalue weighted by molar-refractivity contribution is 5.94. The van der Waals surface area contributed by atoms with Crippen molar-refractivity contribution in [3.63, 3.8) is 0 Å². The average molecular weight is 492 g/mol. The van der Waals surface area contributed by atoms with Crippen LogP contribution in [0.15, 0.2) is 18.2 Å². The van der Waals surface area contributed by atoms with E-state index in [9.17, 15) is 9.90 Å². The van der Waals surface area contributed by atoms with Gasteiger partial charge < -0.3 is 10.0 Å². The number of aryl methyl sites for hydroxylation is 2. The molecule has 0 radical (unpaired) electrons. The van der Waals surface area contributed by atoms with Crippen LogP contribution in [0.25, 0.3) is 0 Å². The van der Waals surface area contributed by atoms with Crippen LogP contribution in [0.2, 0.25) is 0 Å². The van der Waals surface area contributed by atoms with Gasteiger partial charge >= 0.3 is 0 Å². The number of hydrogen-bond acceptors (Lipinski definition) is 2.